The summed E-state index contributed by atoms with van der Waals surface area (Å²) in [6.45, 7) is 0. The molecule has 1 aromatic rings. The van der Waals surface area contributed by atoms with Crippen LogP contribution in [0.5, 0.6) is 5.75 Å². The van der Waals surface area contributed by atoms with E-state index in [9.17, 15) is 4.79 Å². The van der Waals surface area contributed by atoms with E-state index in [1.165, 1.54) is 19.2 Å². The van der Waals surface area contributed by atoms with Crippen LogP contribution in [0.1, 0.15) is 10.4 Å². The lowest BCUT2D eigenvalue weighted by molar-refractivity contribution is 0.0696. The molecule has 0 aliphatic rings. The fourth-order valence-corrected chi connectivity index (χ4v) is 2.39. The zero-order valence-corrected chi connectivity index (χ0v) is 9.85. The highest BCUT2D eigenvalue weighted by atomic mass is 79.9. The van der Waals surface area contributed by atoms with Crippen molar-refractivity contribution in [2.45, 2.75) is 0 Å². The number of benzene rings is 1. The highest BCUT2D eigenvalue weighted by Gasteiger charge is 2.11. The van der Waals surface area contributed by atoms with Gasteiger partial charge in [-0.3, -0.25) is 0 Å². The molecule has 0 fully saturated rings. The van der Waals surface area contributed by atoms with Gasteiger partial charge in [0, 0.05) is 0 Å². The number of hydrogen-bond donors (Lipinski definition) is 1. The molecule has 1 aromatic carbocycles. The highest BCUT2D eigenvalue weighted by molar-refractivity contribution is 9.11. The Bertz CT molecular complexity index is 326. The van der Waals surface area contributed by atoms with Crippen molar-refractivity contribution < 1.29 is 14.6 Å². The Kier molecular flexibility index (Phi) is 3.33. The molecule has 1 N–H and O–H groups in total. The van der Waals surface area contributed by atoms with Gasteiger partial charge < -0.3 is 9.84 Å². The first-order chi connectivity index (χ1) is 6.06. The van der Waals surface area contributed by atoms with Crippen molar-refractivity contribution in [3.63, 3.8) is 0 Å². The summed E-state index contributed by atoms with van der Waals surface area (Å²) < 4.78 is 6.25. The van der Waals surface area contributed by atoms with E-state index in [4.69, 9.17) is 9.84 Å². The Morgan fingerprint density at radius 2 is 1.85 bits per heavy atom. The van der Waals surface area contributed by atoms with Gasteiger partial charge in [0.15, 0.2) is 0 Å². The largest absolute Gasteiger partial charge is 0.494 e. The van der Waals surface area contributed by atoms with E-state index in [-0.39, 0.29) is 5.56 Å². The van der Waals surface area contributed by atoms with Crippen LogP contribution in [0, 0.1) is 0 Å². The summed E-state index contributed by atoms with van der Waals surface area (Å²) in [5.41, 5.74) is 0.208. The van der Waals surface area contributed by atoms with Crippen LogP contribution in [0.25, 0.3) is 0 Å². The second-order valence-electron chi connectivity index (χ2n) is 2.28. The van der Waals surface area contributed by atoms with Crippen molar-refractivity contribution in [2.24, 2.45) is 0 Å². The van der Waals surface area contributed by atoms with Gasteiger partial charge in [-0.15, -0.1) is 0 Å². The van der Waals surface area contributed by atoms with Crippen molar-refractivity contribution >= 4 is 37.8 Å². The van der Waals surface area contributed by atoms with Crippen LogP contribution < -0.4 is 4.74 Å². The van der Waals surface area contributed by atoms with Crippen molar-refractivity contribution in [3.8, 4) is 5.75 Å². The third kappa shape index (κ3) is 2.22. The van der Waals surface area contributed by atoms with Crippen molar-refractivity contribution in [1.29, 1.82) is 0 Å². The van der Waals surface area contributed by atoms with Crippen molar-refractivity contribution in [2.75, 3.05) is 7.11 Å². The zero-order valence-electron chi connectivity index (χ0n) is 6.67. The second-order valence-corrected chi connectivity index (χ2v) is 3.99. The molecule has 0 unspecified atom stereocenters. The summed E-state index contributed by atoms with van der Waals surface area (Å²) >= 11 is 6.42. The number of rotatable bonds is 2. The maximum absolute atomic E-state index is 10.6. The SMILES string of the molecule is COc1c(Br)cc(C(=O)O)cc1Br. The van der Waals surface area contributed by atoms with Crippen LogP contribution in [0.2, 0.25) is 0 Å². The quantitative estimate of drug-likeness (QED) is 0.913. The molecule has 0 radical (unpaired) electrons. The van der Waals surface area contributed by atoms with Crippen LogP contribution in [-0.2, 0) is 0 Å². The summed E-state index contributed by atoms with van der Waals surface area (Å²) in [5.74, 6) is -0.381. The molecule has 1 rings (SSSR count). The van der Waals surface area contributed by atoms with Crippen molar-refractivity contribution in [1.82, 2.24) is 0 Å². The Labute approximate surface area is 92.0 Å². The van der Waals surface area contributed by atoms with Gasteiger partial charge >= 0.3 is 5.97 Å². The number of carboxylic acids is 1. The molecule has 13 heavy (non-hydrogen) atoms. The van der Waals surface area contributed by atoms with Crippen LogP contribution >= 0.6 is 31.9 Å². The number of carbonyl (C=O) groups is 1. The van der Waals surface area contributed by atoms with Crippen LogP contribution in [0.15, 0.2) is 21.1 Å². The van der Waals surface area contributed by atoms with Gasteiger partial charge in [0.05, 0.1) is 21.6 Å². The van der Waals surface area contributed by atoms with Crippen molar-refractivity contribution in [3.05, 3.63) is 26.6 Å². The molecule has 0 saturated carbocycles. The van der Waals surface area contributed by atoms with Gasteiger partial charge in [0.2, 0.25) is 0 Å². The molecule has 0 spiro atoms. The number of ether oxygens (including phenoxy) is 1. The lowest BCUT2D eigenvalue weighted by atomic mass is 10.2. The van der Waals surface area contributed by atoms with E-state index < -0.39 is 5.97 Å². The predicted molar refractivity (Wildman–Crippen MR) is 55.4 cm³/mol. The summed E-state index contributed by atoms with van der Waals surface area (Å²) in [6.07, 6.45) is 0. The fourth-order valence-electron chi connectivity index (χ4n) is 0.878. The molecule has 3 nitrogen and oxygen atoms in total. The fraction of sp³-hybridized carbons (Fsp3) is 0.125. The first kappa shape index (κ1) is 10.5. The number of hydrogen-bond acceptors (Lipinski definition) is 2. The van der Waals surface area contributed by atoms with E-state index in [0.29, 0.717) is 14.7 Å². The molecule has 70 valence electrons. The molecule has 0 atom stereocenters. The standard InChI is InChI=1S/C8H6Br2O3/c1-13-7-5(9)2-4(8(11)12)3-6(7)10/h2-3H,1H3,(H,11,12). The van der Waals surface area contributed by atoms with Crippen LogP contribution in [0.3, 0.4) is 0 Å². The topological polar surface area (TPSA) is 46.5 Å². The third-order valence-corrected chi connectivity index (χ3v) is 2.63. The van der Waals surface area contributed by atoms with Gasteiger partial charge in [0.25, 0.3) is 0 Å². The smallest absolute Gasteiger partial charge is 0.335 e. The second kappa shape index (κ2) is 4.11. The summed E-state index contributed by atoms with van der Waals surface area (Å²) in [5, 5.41) is 8.71. The molecule has 0 aliphatic carbocycles. The Morgan fingerprint density at radius 1 is 1.38 bits per heavy atom. The molecular formula is C8H6Br2O3. The van der Waals surface area contributed by atoms with E-state index in [0.717, 1.165) is 0 Å². The maximum atomic E-state index is 10.6. The highest BCUT2D eigenvalue weighted by Crippen LogP contribution is 2.34. The number of aromatic carboxylic acids is 1. The minimum atomic E-state index is -0.968. The first-order valence-electron chi connectivity index (χ1n) is 3.32. The van der Waals surface area contributed by atoms with E-state index in [1.807, 2.05) is 0 Å². The van der Waals surface area contributed by atoms with Gasteiger partial charge in [-0.25, -0.2) is 4.79 Å². The molecular weight excluding hydrogens is 304 g/mol. The summed E-state index contributed by atoms with van der Waals surface area (Å²) in [6, 6.07) is 2.98. The van der Waals surface area contributed by atoms with Gasteiger partial charge in [0.1, 0.15) is 5.75 Å². The molecule has 0 bridgehead atoms. The van der Waals surface area contributed by atoms with Crippen LogP contribution in [-0.4, -0.2) is 18.2 Å². The lowest BCUT2D eigenvalue weighted by Crippen LogP contribution is -1.97. The molecule has 0 aliphatic heterocycles. The minimum absolute atomic E-state index is 0.208. The Hall–Kier alpha value is -0.550. The minimum Gasteiger partial charge on any atom is -0.494 e. The third-order valence-electron chi connectivity index (χ3n) is 1.45. The number of halogens is 2. The van der Waals surface area contributed by atoms with E-state index in [2.05, 4.69) is 31.9 Å². The van der Waals surface area contributed by atoms with E-state index in [1.54, 1.807) is 0 Å². The average Bonchev–Trinajstić information content (AvgIpc) is 2.03. The Balaban J connectivity index is 3.28. The summed E-state index contributed by atoms with van der Waals surface area (Å²) in [4.78, 5) is 10.6. The first-order valence-corrected chi connectivity index (χ1v) is 4.91. The maximum Gasteiger partial charge on any atom is 0.335 e. The normalized spacial score (nSPS) is 9.77. The molecule has 0 amide bonds. The monoisotopic (exact) mass is 308 g/mol. The molecule has 0 aromatic heterocycles. The van der Waals surface area contributed by atoms with Crippen LogP contribution in [0.4, 0.5) is 0 Å². The number of carboxylic acid groups (broad SMARTS) is 1. The summed E-state index contributed by atoms with van der Waals surface area (Å²) in [7, 11) is 1.52. The van der Waals surface area contributed by atoms with Gasteiger partial charge in [-0.05, 0) is 44.0 Å². The average molecular weight is 310 g/mol. The molecule has 0 heterocycles. The Morgan fingerprint density at radius 3 is 2.15 bits per heavy atom. The zero-order chi connectivity index (χ0) is 10.0. The van der Waals surface area contributed by atoms with E-state index >= 15 is 0 Å². The van der Waals surface area contributed by atoms with Gasteiger partial charge in [-0.1, -0.05) is 0 Å². The van der Waals surface area contributed by atoms with Gasteiger partial charge in [-0.2, -0.15) is 0 Å². The molecule has 0 saturated heterocycles. The number of methoxy groups -OCH3 is 1. The predicted octanol–water partition coefficient (Wildman–Crippen LogP) is 2.92. The molecule has 5 heteroatoms. The lowest BCUT2D eigenvalue weighted by Gasteiger charge is -2.06.